The maximum atomic E-state index is 12.6. The van der Waals surface area contributed by atoms with Crippen molar-refractivity contribution < 1.29 is 4.79 Å². The molecule has 3 aliphatic rings. The van der Waals surface area contributed by atoms with E-state index in [9.17, 15) is 4.79 Å². The highest BCUT2D eigenvalue weighted by atomic mass is 16.2. The molecule has 2 saturated carbocycles. The SMILES string of the molecule is CCN(CC)CCc1c(C2CC2)[nH]c(/C=C2/C(=O)NN=C2c2cnccn2)c1C1CC1. The molecular weight excluding hydrogens is 388 g/mol. The van der Waals surface area contributed by atoms with E-state index in [4.69, 9.17) is 0 Å². The smallest absolute Gasteiger partial charge is 0.273 e. The van der Waals surface area contributed by atoms with Gasteiger partial charge in [-0.2, -0.15) is 5.10 Å². The number of nitrogens with zero attached hydrogens (tertiary/aromatic N) is 4. The van der Waals surface area contributed by atoms with Gasteiger partial charge in [0.05, 0.1) is 11.8 Å². The van der Waals surface area contributed by atoms with Gasteiger partial charge in [0.1, 0.15) is 11.4 Å². The second-order valence-electron chi connectivity index (χ2n) is 8.72. The summed E-state index contributed by atoms with van der Waals surface area (Å²) in [4.78, 5) is 27.3. The largest absolute Gasteiger partial charge is 0.358 e. The van der Waals surface area contributed by atoms with E-state index < -0.39 is 0 Å². The van der Waals surface area contributed by atoms with Crippen LogP contribution in [0.3, 0.4) is 0 Å². The van der Waals surface area contributed by atoms with Crippen molar-refractivity contribution >= 4 is 17.7 Å². The standard InChI is InChI=1S/C24H30N6O/c1-3-30(4-2)12-9-17-21(15-5-6-15)19(27-22(17)16-7-8-16)13-18-23(28-29-24(18)31)20-14-25-10-11-26-20/h10-11,13-16,27H,3-9,12H2,1-2H3,(H,29,31)/b18-13+. The van der Waals surface area contributed by atoms with Crippen molar-refractivity contribution in [2.24, 2.45) is 5.10 Å². The Morgan fingerprint density at radius 1 is 1.13 bits per heavy atom. The summed E-state index contributed by atoms with van der Waals surface area (Å²) >= 11 is 0. The van der Waals surface area contributed by atoms with Gasteiger partial charge < -0.3 is 9.88 Å². The maximum Gasteiger partial charge on any atom is 0.273 e. The number of aromatic nitrogens is 3. The molecule has 0 spiro atoms. The minimum Gasteiger partial charge on any atom is -0.358 e. The molecule has 1 amide bonds. The molecule has 1 aliphatic heterocycles. The molecule has 162 valence electrons. The zero-order chi connectivity index (χ0) is 21.4. The van der Waals surface area contributed by atoms with Crippen LogP contribution < -0.4 is 5.43 Å². The molecule has 2 fully saturated rings. The molecule has 0 bridgehead atoms. The van der Waals surface area contributed by atoms with Crippen molar-refractivity contribution in [2.75, 3.05) is 19.6 Å². The summed E-state index contributed by atoms with van der Waals surface area (Å²) in [6.07, 6.45) is 12.9. The van der Waals surface area contributed by atoms with Gasteiger partial charge in [0.25, 0.3) is 5.91 Å². The first-order valence-corrected chi connectivity index (χ1v) is 11.5. The lowest BCUT2D eigenvalue weighted by Gasteiger charge is -2.18. The molecule has 2 aromatic rings. The van der Waals surface area contributed by atoms with E-state index in [1.54, 1.807) is 18.6 Å². The highest BCUT2D eigenvalue weighted by Crippen LogP contribution is 2.49. The van der Waals surface area contributed by atoms with Crippen LogP contribution in [0.15, 0.2) is 29.3 Å². The Hall–Kier alpha value is -2.80. The molecular formula is C24H30N6O. The van der Waals surface area contributed by atoms with Crippen LogP contribution in [-0.4, -0.2) is 51.1 Å². The van der Waals surface area contributed by atoms with Crippen LogP contribution >= 0.6 is 0 Å². The molecule has 7 nitrogen and oxygen atoms in total. The van der Waals surface area contributed by atoms with Crippen LogP contribution in [0, 0.1) is 0 Å². The van der Waals surface area contributed by atoms with Crippen molar-refractivity contribution in [1.82, 2.24) is 25.3 Å². The summed E-state index contributed by atoms with van der Waals surface area (Å²) in [6.45, 7) is 7.69. The Bertz CT molecular complexity index is 1030. The number of H-pyrrole nitrogens is 1. The van der Waals surface area contributed by atoms with Gasteiger partial charge in [-0.1, -0.05) is 13.8 Å². The van der Waals surface area contributed by atoms with Crippen LogP contribution in [0.5, 0.6) is 0 Å². The second kappa shape index (κ2) is 8.38. The first-order valence-electron chi connectivity index (χ1n) is 11.5. The summed E-state index contributed by atoms with van der Waals surface area (Å²) in [5, 5.41) is 4.24. The van der Waals surface area contributed by atoms with E-state index in [0.29, 0.717) is 28.8 Å². The molecule has 0 saturated heterocycles. The van der Waals surface area contributed by atoms with Crippen LogP contribution in [0.2, 0.25) is 0 Å². The van der Waals surface area contributed by atoms with E-state index >= 15 is 0 Å². The third-order valence-electron chi connectivity index (χ3n) is 6.62. The normalized spacial score (nSPS) is 19.9. The third kappa shape index (κ3) is 4.06. The molecule has 2 aromatic heterocycles. The number of amides is 1. The minimum absolute atomic E-state index is 0.185. The lowest BCUT2D eigenvalue weighted by Crippen LogP contribution is -2.25. The highest BCUT2D eigenvalue weighted by Gasteiger charge is 2.36. The van der Waals surface area contributed by atoms with Gasteiger partial charge in [-0.15, -0.1) is 0 Å². The third-order valence-corrected chi connectivity index (χ3v) is 6.62. The molecule has 2 aliphatic carbocycles. The lowest BCUT2D eigenvalue weighted by molar-refractivity contribution is -0.116. The Kier molecular flexibility index (Phi) is 5.44. The molecule has 0 radical (unpaired) electrons. The molecule has 0 aromatic carbocycles. The number of rotatable bonds is 9. The number of aromatic amines is 1. The number of hydrogen-bond donors (Lipinski definition) is 2. The molecule has 2 N–H and O–H groups in total. The Labute approximate surface area is 183 Å². The fraction of sp³-hybridized carbons (Fsp3) is 0.500. The Balaban J connectivity index is 1.54. The first-order chi connectivity index (χ1) is 15.2. The van der Waals surface area contributed by atoms with Gasteiger partial charge >= 0.3 is 0 Å². The predicted molar refractivity (Wildman–Crippen MR) is 121 cm³/mol. The Morgan fingerprint density at radius 3 is 2.55 bits per heavy atom. The van der Waals surface area contributed by atoms with Crippen LogP contribution in [0.4, 0.5) is 0 Å². The van der Waals surface area contributed by atoms with Crippen molar-refractivity contribution in [1.29, 1.82) is 0 Å². The zero-order valence-corrected chi connectivity index (χ0v) is 18.3. The van der Waals surface area contributed by atoms with E-state index in [0.717, 1.165) is 31.7 Å². The predicted octanol–water partition coefficient (Wildman–Crippen LogP) is 3.36. The number of likely N-dealkylation sites (N-methyl/N-ethyl adjacent to an activating group) is 1. The number of carbonyl (C=O) groups excluding carboxylic acids is 1. The molecule has 0 unspecified atom stereocenters. The van der Waals surface area contributed by atoms with Gasteiger partial charge in [0.15, 0.2) is 0 Å². The van der Waals surface area contributed by atoms with E-state index in [2.05, 4.69) is 44.2 Å². The summed E-state index contributed by atoms with van der Waals surface area (Å²) in [6, 6.07) is 0. The fourth-order valence-corrected chi connectivity index (χ4v) is 4.58. The molecule has 31 heavy (non-hydrogen) atoms. The molecule has 3 heterocycles. The molecule has 0 atom stereocenters. The number of nitrogens with one attached hydrogen (secondary N) is 2. The topological polar surface area (TPSA) is 86.3 Å². The second-order valence-corrected chi connectivity index (χ2v) is 8.72. The highest BCUT2D eigenvalue weighted by molar-refractivity contribution is 6.32. The van der Waals surface area contributed by atoms with Crippen LogP contribution in [0.25, 0.3) is 6.08 Å². The van der Waals surface area contributed by atoms with Crippen molar-refractivity contribution in [3.8, 4) is 0 Å². The van der Waals surface area contributed by atoms with Crippen molar-refractivity contribution in [3.63, 3.8) is 0 Å². The first kappa shape index (κ1) is 20.1. The molecule has 7 heteroatoms. The number of carbonyl (C=O) groups is 1. The van der Waals surface area contributed by atoms with Gasteiger partial charge in [0.2, 0.25) is 0 Å². The van der Waals surface area contributed by atoms with E-state index in [1.165, 1.54) is 42.5 Å². The minimum atomic E-state index is -0.185. The lowest BCUT2D eigenvalue weighted by atomic mass is 9.97. The van der Waals surface area contributed by atoms with E-state index in [-0.39, 0.29) is 5.91 Å². The summed E-state index contributed by atoms with van der Waals surface area (Å²) < 4.78 is 0. The van der Waals surface area contributed by atoms with Gasteiger partial charge in [-0.05, 0) is 74.2 Å². The summed E-state index contributed by atoms with van der Waals surface area (Å²) in [5.41, 5.74) is 9.75. The average molecular weight is 419 g/mol. The summed E-state index contributed by atoms with van der Waals surface area (Å²) in [5.74, 6) is 1.06. The average Bonchev–Trinajstić information content (AvgIpc) is 3.73. The summed E-state index contributed by atoms with van der Waals surface area (Å²) in [7, 11) is 0. The van der Waals surface area contributed by atoms with Crippen LogP contribution in [0.1, 0.15) is 79.6 Å². The van der Waals surface area contributed by atoms with Crippen molar-refractivity contribution in [3.05, 3.63) is 52.4 Å². The Morgan fingerprint density at radius 2 is 1.90 bits per heavy atom. The number of hydrogen-bond acceptors (Lipinski definition) is 5. The van der Waals surface area contributed by atoms with Crippen LogP contribution in [-0.2, 0) is 11.2 Å². The number of hydrazone groups is 1. The zero-order valence-electron chi connectivity index (χ0n) is 18.3. The van der Waals surface area contributed by atoms with Gasteiger partial charge in [-0.25, -0.2) is 5.43 Å². The monoisotopic (exact) mass is 418 g/mol. The molecule has 5 rings (SSSR count). The van der Waals surface area contributed by atoms with Crippen molar-refractivity contribution in [2.45, 2.75) is 57.8 Å². The maximum absolute atomic E-state index is 12.6. The van der Waals surface area contributed by atoms with E-state index in [1.807, 2.05) is 6.08 Å². The van der Waals surface area contributed by atoms with Gasteiger partial charge in [0, 0.05) is 30.3 Å². The quantitative estimate of drug-likeness (QED) is 0.612. The van der Waals surface area contributed by atoms with Gasteiger partial charge in [-0.3, -0.25) is 14.8 Å². The fourth-order valence-electron chi connectivity index (χ4n) is 4.58.